The fourth-order valence-electron chi connectivity index (χ4n) is 3.31. The van der Waals surface area contributed by atoms with E-state index < -0.39 is 0 Å². The van der Waals surface area contributed by atoms with Crippen LogP contribution < -0.4 is 4.90 Å². The van der Waals surface area contributed by atoms with E-state index in [4.69, 9.17) is 0 Å². The van der Waals surface area contributed by atoms with E-state index in [1.165, 1.54) is 0 Å². The first-order chi connectivity index (χ1) is 13.7. The van der Waals surface area contributed by atoms with Crippen molar-refractivity contribution >= 4 is 11.7 Å². The zero-order valence-corrected chi connectivity index (χ0v) is 15.8. The molecule has 0 unspecified atom stereocenters. The molecule has 28 heavy (non-hydrogen) atoms. The quantitative estimate of drug-likeness (QED) is 0.698. The van der Waals surface area contributed by atoms with Gasteiger partial charge in [0.05, 0.1) is 0 Å². The minimum atomic E-state index is 0.0364. The average molecular weight is 374 g/mol. The summed E-state index contributed by atoms with van der Waals surface area (Å²) in [4.78, 5) is 34.2. The Hall–Kier alpha value is -3.35. The lowest BCUT2D eigenvalue weighted by molar-refractivity contribution is 0.0746. The molecule has 1 aliphatic heterocycles. The zero-order valence-electron chi connectivity index (χ0n) is 15.8. The Morgan fingerprint density at radius 2 is 1.75 bits per heavy atom. The van der Waals surface area contributed by atoms with Crippen molar-refractivity contribution in [3.8, 4) is 11.4 Å². The van der Waals surface area contributed by atoms with Crippen LogP contribution in [0, 0.1) is 0 Å². The van der Waals surface area contributed by atoms with Gasteiger partial charge in [-0.25, -0.2) is 19.9 Å². The Labute approximate surface area is 164 Å². The molecule has 1 fully saturated rings. The maximum Gasteiger partial charge on any atom is 0.253 e. The first kappa shape index (κ1) is 18.0. The molecule has 3 heterocycles. The van der Waals surface area contributed by atoms with Crippen molar-refractivity contribution in [2.75, 3.05) is 31.1 Å². The number of carbonyl (C=O) groups is 1. The number of piperazine rings is 1. The summed E-state index contributed by atoms with van der Waals surface area (Å²) in [6, 6.07) is 11.3. The number of aromatic nitrogens is 4. The highest BCUT2D eigenvalue weighted by Crippen LogP contribution is 2.19. The summed E-state index contributed by atoms with van der Waals surface area (Å²) in [7, 11) is 0. The molecule has 3 aromatic rings. The van der Waals surface area contributed by atoms with E-state index in [1.807, 2.05) is 35.2 Å². The minimum absolute atomic E-state index is 0.0364. The van der Waals surface area contributed by atoms with Crippen LogP contribution in [-0.2, 0) is 6.42 Å². The molecule has 0 radical (unpaired) electrons. The van der Waals surface area contributed by atoms with Gasteiger partial charge in [-0.15, -0.1) is 0 Å². The van der Waals surface area contributed by atoms with Crippen molar-refractivity contribution < 1.29 is 4.79 Å². The summed E-state index contributed by atoms with van der Waals surface area (Å²) in [5.41, 5.74) is 2.54. The fourth-order valence-corrected chi connectivity index (χ4v) is 3.31. The third kappa shape index (κ3) is 3.83. The van der Waals surface area contributed by atoms with Crippen LogP contribution in [0.5, 0.6) is 0 Å². The van der Waals surface area contributed by atoms with Crippen LogP contribution in [0.25, 0.3) is 11.4 Å². The molecule has 1 aromatic carbocycles. The molecule has 0 spiro atoms. The second kappa shape index (κ2) is 8.12. The highest BCUT2D eigenvalue weighted by Gasteiger charge is 2.23. The Kier molecular flexibility index (Phi) is 5.23. The third-order valence-corrected chi connectivity index (χ3v) is 4.90. The van der Waals surface area contributed by atoms with Crippen molar-refractivity contribution in [2.45, 2.75) is 13.3 Å². The van der Waals surface area contributed by atoms with Gasteiger partial charge in [0, 0.05) is 61.5 Å². The van der Waals surface area contributed by atoms with Gasteiger partial charge >= 0.3 is 0 Å². The van der Waals surface area contributed by atoms with Gasteiger partial charge in [-0.1, -0.05) is 19.1 Å². The molecule has 7 nitrogen and oxygen atoms in total. The second-order valence-corrected chi connectivity index (χ2v) is 6.65. The average Bonchev–Trinajstić information content (AvgIpc) is 2.79. The summed E-state index contributed by atoms with van der Waals surface area (Å²) in [5.74, 6) is 1.59. The predicted octanol–water partition coefficient (Wildman–Crippen LogP) is 2.46. The summed E-state index contributed by atoms with van der Waals surface area (Å²) >= 11 is 0. The topological polar surface area (TPSA) is 75.1 Å². The Morgan fingerprint density at radius 1 is 0.964 bits per heavy atom. The molecule has 0 atom stereocenters. The molecule has 142 valence electrons. The molecule has 7 heteroatoms. The summed E-state index contributed by atoms with van der Waals surface area (Å²) < 4.78 is 0. The first-order valence-electron chi connectivity index (χ1n) is 9.47. The van der Waals surface area contributed by atoms with Gasteiger partial charge in [-0.2, -0.15) is 0 Å². The van der Waals surface area contributed by atoms with E-state index in [0.29, 0.717) is 24.5 Å². The summed E-state index contributed by atoms with van der Waals surface area (Å²) in [6.07, 6.45) is 5.90. The van der Waals surface area contributed by atoms with Gasteiger partial charge in [0.25, 0.3) is 5.91 Å². The van der Waals surface area contributed by atoms with Gasteiger partial charge < -0.3 is 9.80 Å². The van der Waals surface area contributed by atoms with E-state index in [9.17, 15) is 4.79 Å². The Morgan fingerprint density at radius 3 is 2.50 bits per heavy atom. The van der Waals surface area contributed by atoms with Gasteiger partial charge in [-0.3, -0.25) is 4.79 Å². The lowest BCUT2D eigenvalue weighted by atomic mass is 10.1. The molecule has 0 saturated carbocycles. The molecule has 1 aliphatic rings. The van der Waals surface area contributed by atoms with Crippen LogP contribution in [-0.4, -0.2) is 56.9 Å². The number of carbonyl (C=O) groups excluding carboxylic acids is 1. The van der Waals surface area contributed by atoms with Gasteiger partial charge in [0.15, 0.2) is 5.82 Å². The molecule has 2 aromatic heterocycles. The van der Waals surface area contributed by atoms with Crippen LogP contribution in [0.3, 0.4) is 0 Å². The zero-order chi connectivity index (χ0) is 19.3. The van der Waals surface area contributed by atoms with E-state index in [-0.39, 0.29) is 5.91 Å². The molecule has 0 N–H and O–H groups in total. The predicted molar refractivity (Wildman–Crippen MR) is 107 cm³/mol. The van der Waals surface area contributed by atoms with Crippen LogP contribution in [0.15, 0.2) is 55.1 Å². The highest BCUT2D eigenvalue weighted by atomic mass is 16.2. The van der Waals surface area contributed by atoms with Crippen LogP contribution in [0.1, 0.15) is 23.0 Å². The SMILES string of the molecule is CCc1cc(N2CCN(C(=O)c3cccc(-c4ncccn4)c3)CC2)ncn1. The standard InChI is InChI=1S/C21H22N6O/c1-2-18-14-19(25-15-24-18)26-9-11-27(12-10-26)21(28)17-6-3-5-16(13-17)20-22-7-4-8-23-20/h3-8,13-15H,2,9-12H2,1H3. The highest BCUT2D eigenvalue weighted by molar-refractivity contribution is 5.95. The van der Waals surface area contributed by atoms with Gasteiger partial charge in [0.1, 0.15) is 12.1 Å². The van der Waals surface area contributed by atoms with E-state index in [0.717, 1.165) is 36.6 Å². The number of nitrogens with zero attached hydrogens (tertiary/aromatic N) is 6. The lowest BCUT2D eigenvalue weighted by Crippen LogP contribution is -2.49. The van der Waals surface area contributed by atoms with Crippen molar-refractivity contribution in [2.24, 2.45) is 0 Å². The molecule has 0 bridgehead atoms. The molecule has 1 saturated heterocycles. The molecule has 0 aliphatic carbocycles. The number of hydrogen-bond acceptors (Lipinski definition) is 6. The number of hydrogen-bond donors (Lipinski definition) is 0. The second-order valence-electron chi connectivity index (χ2n) is 6.65. The largest absolute Gasteiger partial charge is 0.353 e. The van der Waals surface area contributed by atoms with Crippen molar-refractivity contribution in [1.82, 2.24) is 24.8 Å². The summed E-state index contributed by atoms with van der Waals surface area (Å²) in [6.45, 7) is 4.92. The Bertz CT molecular complexity index is 954. The number of amides is 1. The van der Waals surface area contributed by atoms with Crippen molar-refractivity contribution in [3.05, 3.63) is 66.4 Å². The minimum Gasteiger partial charge on any atom is -0.353 e. The lowest BCUT2D eigenvalue weighted by Gasteiger charge is -2.35. The molecular weight excluding hydrogens is 352 g/mol. The maximum absolute atomic E-state index is 13.0. The van der Waals surface area contributed by atoms with E-state index in [2.05, 4.69) is 31.8 Å². The first-order valence-corrected chi connectivity index (χ1v) is 9.47. The number of rotatable bonds is 4. The summed E-state index contributed by atoms with van der Waals surface area (Å²) in [5, 5.41) is 0. The fraction of sp³-hybridized carbons (Fsp3) is 0.286. The van der Waals surface area contributed by atoms with Crippen LogP contribution >= 0.6 is 0 Å². The number of benzene rings is 1. The number of anilines is 1. The third-order valence-electron chi connectivity index (χ3n) is 4.90. The van der Waals surface area contributed by atoms with E-state index >= 15 is 0 Å². The smallest absolute Gasteiger partial charge is 0.253 e. The van der Waals surface area contributed by atoms with Crippen LogP contribution in [0.2, 0.25) is 0 Å². The van der Waals surface area contributed by atoms with Crippen molar-refractivity contribution in [1.29, 1.82) is 0 Å². The number of aryl methyl sites for hydroxylation is 1. The maximum atomic E-state index is 13.0. The van der Waals surface area contributed by atoms with E-state index in [1.54, 1.807) is 24.8 Å². The van der Waals surface area contributed by atoms with Crippen molar-refractivity contribution in [3.63, 3.8) is 0 Å². The monoisotopic (exact) mass is 374 g/mol. The Balaban J connectivity index is 1.44. The van der Waals surface area contributed by atoms with Crippen LogP contribution in [0.4, 0.5) is 5.82 Å². The molecule has 4 rings (SSSR count). The molecule has 1 amide bonds. The van der Waals surface area contributed by atoms with Gasteiger partial charge in [-0.05, 0) is 24.6 Å². The molecular formula is C21H22N6O. The van der Waals surface area contributed by atoms with Gasteiger partial charge in [0.2, 0.25) is 0 Å². The normalized spacial score (nSPS) is 14.2.